The number of carbonyl (C=O) groups is 2. The quantitative estimate of drug-likeness (QED) is 0.513. The van der Waals surface area contributed by atoms with E-state index in [1.54, 1.807) is 26.0 Å². The Labute approximate surface area is 168 Å². The number of rotatable bonds is 10. The number of benzene rings is 1. The molecule has 1 aromatic carbocycles. The van der Waals surface area contributed by atoms with Gasteiger partial charge in [-0.1, -0.05) is 45.0 Å². The van der Waals surface area contributed by atoms with Crippen molar-refractivity contribution in [2.24, 2.45) is 5.41 Å². The fraction of sp³-hybridized carbons (Fsp3) is 0.600. The molecule has 0 fully saturated rings. The van der Waals surface area contributed by atoms with E-state index in [1.165, 1.54) is 0 Å². The second kappa shape index (κ2) is 10.6. The molecule has 0 aromatic heterocycles. The lowest BCUT2D eigenvalue weighted by Gasteiger charge is -2.17. The lowest BCUT2D eigenvalue weighted by atomic mass is 9.96. The summed E-state index contributed by atoms with van der Waals surface area (Å²) in [4.78, 5) is 23.6. The highest BCUT2D eigenvalue weighted by Crippen LogP contribution is 2.12. The second-order valence-corrected chi connectivity index (χ2v) is 9.99. The van der Waals surface area contributed by atoms with E-state index in [2.05, 4.69) is 15.4 Å². The summed E-state index contributed by atoms with van der Waals surface area (Å²) in [6, 6.07) is 6.99. The van der Waals surface area contributed by atoms with Crippen molar-refractivity contribution in [2.75, 3.05) is 6.54 Å². The van der Waals surface area contributed by atoms with Gasteiger partial charge >= 0.3 is 0 Å². The predicted molar refractivity (Wildman–Crippen MR) is 111 cm³/mol. The van der Waals surface area contributed by atoms with Crippen molar-refractivity contribution in [3.8, 4) is 0 Å². The smallest absolute Gasteiger partial charge is 0.225 e. The van der Waals surface area contributed by atoms with E-state index in [1.807, 2.05) is 32.9 Å². The molecule has 3 N–H and O–H groups in total. The first kappa shape index (κ1) is 24.1. The van der Waals surface area contributed by atoms with Crippen LogP contribution in [-0.2, 0) is 31.9 Å². The zero-order chi connectivity index (χ0) is 21.4. The monoisotopic (exact) mass is 411 g/mol. The molecule has 0 saturated carbocycles. The summed E-state index contributed by atoms with van der Waals surface area (Å²) in [5, 5.41) is 5.64. The van der Waals surface area contributed by atoms with E-state index in [0.717, 1.165) is 5.56 Å². The fourth-order valence-electron chi connectivity index (χ4n) is 2.38. The summed E-state index contributed by atoms with van der Waals surface area (Å²) in [5.74, 6) is -0.186. The summed E-state index contributed by atoms with van der Waals surface area (Å²) in [7, 11) is -3.35. The van der Waals surface area contributed by atoms with Gasteiger partial charge in [-0.05, 0) is 31.4 Å². The van der Waals surface area contributed by atoms with Crippen molar-refractivity contribution in [1.82, 2.24) is 15.4 Å². The van der Waals surface area contributed by atoms with E-state index in [-0.39, 0.29) is 23.6 Å². The standard InChI is InChI=1S/C20H33N3O4S/c1-15(2)23-28(26,27)14-17-10-8-16(9-11-17)13-22-18(24)7-6-12-21-19(25)20(3,4)5/h8-11,15,23H,6-7,12-14H2,1-5H3,(H,21,25)(H,22,24). The minimum Gasteiger partial charge on any atom is -0.356 e. The molecule has 1 rings (SSSR count). The van der Waals surface area contributed by atoms with Crippen molar-refractivity contribution in [3.05, 3.63) is 35.4 Å². The molecule has 7 nitrogen and oxygen atoms in total. The Morgan fingerprint density at radius 1 is 1.00 bits per heavy atom. The summed E-state index contributed by atoms with van der Waals surface area (Å²) in [5.41, 5.74) is 1.16. The average Bonchev–Trinajstić information content (AvgIpc) is 2.55. The topological polar surface area (TPSA) is 104 Å². The van der Waals surface area contributed by atoms with Crippen LogP contribution in [0, 0.1) is 5.41 Å². The molecular weight excluding hydrogens is 378 g/mol. The van der Waals surface area contributed by atoms with Gasteiger partial charge in [-0.3, -0.25) is 9.59 Å². The third-order valence-electron chi connectivity index (χ3n) is 3.83. The molecule has 0 aliphatic carbocycles. The molecule has 28 heavy (non-hydrogen) atoms. The molecular formula is C20H33N3O4S. The highest BCUT2D eigenvalue weighted by Gasteiger charge is 2.20. The molecule has 0 aliphatic rings. The maximum absolute atomic E-state index is 11.9. The third kappa shape index (κ3) is 9.85. The first-order valence-corrected chi connectivity index (χ1v) is 11.2. The Morgan fingerprint density at radius 2 is 1.57 bits per heavy atom. The van der Waals surface area contributed by atoms with E-state index >= 15 is 0 Å². The van der Waals surface area contributed by atoms with Crippen LogP contribution in [0.25, 0.3) is 0 Å². The second-order valence-electron chi connectivity index (χ2n) is 8.23. The highest BCUT2D eigenvalue weighted by atomic mass is 32.2. The van der Waals surface area contributed by atoms with Gasteiger partial charge in [0.05, 0.1) is 5.75 Å². The first-order valence-electron chi connectivity index (χ1n) is 9.52. The van der Waals surface area contributed by atoms with Crippen LogP contribution in [0.3, 0.4) is 0 Å². The van der Waals surface area contributed by atoms with Gasteiger partial charge in [-0.15, -0.1) is 0 Å². The van der Waals surface area contributed by atoms with E-state index in [4.69, 9.17) is 0 Å². The highest BCUT2D eigenvalue weighted by molar-refractivity contribution is 7.88. The van der Waals surface area contributed by atoms with Crippen LogP contribution in [-0.4, -0.2) is 32.8 Å². The Hall–Kier alpha value is -1.93. The predicted octanol–water partition coefficient (Wildman–Crippen LogP) is 2.07. The molecule has 0 saturated heterocycles. The van der Waals surface area contributed by atoms with Crippen LogP contribution in [0.4, 0.5) is 0 Å². The molecule has 0 unspecified atom stereocenters. The van der Waals surface area contributed by atoms with E-state index in [0.29, 0.717) is 31.5 Å². The van der Waals surface area contributed by atoms with Gasteiger partial charge in [0, 0.05) is 31.0 Å². The lowest BCUT2D eigenvalue weighted by Crippen LogP contribution is -2.35. The molecule has 0 aliphatic heterocycles. The van der Waals surface area contributed by atoms with Gasteiger partial charge in [0.25, 0.3) is 0 Å². The summed E-state index contributed by atoms with van der Waals surface area (Å²) < 4.78 is 26.4. The number of amides is 2. The maximum atomic E-state index is 11.9. The number of hydrogen-bond acceptors (Lipinski definition) is 4. The van der Waals surface area contributed by atoms with Crippen LogP contribution in [0.2, 0.25) is 0 Å². The molecule has 8 heteroatoms. The largest absolute Gasteiger partial charge is 0.356 e. The zero-order valence-corrected chi connectivity index (χ0v) is 18.3. The van der Waals surface area contributed by atoms with Crippen molar-refractivity contribution in [2.45, 2.75) is 65.8 Å². The molecule has 0 heterocycles. The summed E-state index contributed by atoms with van der Waals surface area (Å²) >= 11 is 0. The van der Waals surface area contributed by atoms with Gasteiger partial charge < -0.3 is 10.6 Å². The molecule has 0 bridgehead atoms. The van der Waals surface area contributed by atoms with Crippen LogP contribution in [0.1, 0.15) is 58.6 Å². The van der Waals surface area contributed by atoms with Gasteiger partial charge in [-0.2, -0.15) is 0 Å². The molecule has 2 amide bonds. The molecule has 0 radical (unpaired) electrons. The average molecular weight is 412 g/mol. The third-order valence-corrected chi connectivity index (χ3v) is 5.38. The number of nitrogens with one attached hydrogen (secondary N) is 3. The molecule has 1 aromatic rings. The minimum absolute atomic E-state index is 0.0291. The van der Waals surface area contributed by atoms with Crippen molar-refractivity contribution >= 4 is 21.8 Å². The summed E-state index contributed by atoms with van der Waals surface area (Å²) in [6.07, 6.45) is 0.912. The van der Waals surface area contributed by atoms with E-state index < -0.39 is 15.4 Å². The first-order chi connectivity index (χ1) is 12.9. The van der Waals surface area contributed by atoms with Crippen LogP contribution < -0.4 is 15.4 Å². The molecule has 0 atom stereocenters. The fourth-order valence-corrected chi connectivity index (χ4v) is 3.81. The SMILES string of the molecule is CC(C)NS(=O)(=O)Cc1ccc(CNC(=O)CCCNC(=O)C(C)(C)C)cc1. The Kier molecular flexibility index (Phi) is 9.10. The molecule has 158 valence electrons. The maximum Gasteiger partial charge on any atom is 0.225 e. The van der Waals surface area contributed by atoms with E-state index in [9.17, 15) is 18.0 Å². The lowest BCUT2D eigenvalue weighted by molar-refractivity contribution is -0.128. The minimum atomic E-state index is -3.35. The van der Waals surface area contributed by atoms with Gasteiger partial charge in [0.1, 0.15) is 0 Å². The van der Waals surface area contributed by atoms with Crippen LogP contribution in [0.15, 0.2) is 24.3 Å². The van der Waals surface area contributed by atoms with Crippen molar-refractivity contribution < 1.29 is 18.0 Å². The molecule has 0 spiro atoms. The Balaban J connectivity index is 2.35. The number of sulfonamides is 1. The number of carbonyl (C=O) groups excluding carboxylic acids is 2. The van der Waals surface area contributed by atoms with Gasteiger partial charge in [0.2, 0.25) is 21.8 Å². The normalized spacial score (nSPS) is 12.1. The van der Waals surface area contributed by atoms with Gasteiger partial charge in [-0.25, -0.2) is 13.1 Å². The Morgan fingerprint density at radius 3 is 2.11 bits per heavy atom. The Bertz CT molecular complexity index is 751. The number of hydrogen-bond donors (Lipinski definition) is 3. The van der Waals surface area contributed by atoms with Crippen molar-refractivity contribution in [3.63, 3.8) is 0 Å². The van der Waals surface area contributed by atoms with Crippen LogP contribution >= 0.6 is 0 Å². The van der Waals surface area contributed by atoms with Gasteiger partial charge in [0.15, 0.2) is 0 Å². The van der Waals surface area contributed by atoms with Crippen LogP contribution in [0.5, 0.6) is 0 Å². The zero-order valence-electron chi connectivity index (χ0n) is 17.5. The van der Waals surface area contributed by atoms with Crippen molar-refractivity contribution in [1.29, 1.82) is 0 Å². The summed E-state index contributed by atoms with van der Waals surface area (Å²) in [6.45, 7) is 9.94.